The Bertz CT molecular complexity index is 457. The predicted octanol–water partition coefficient (Wildman–Crippen LogP) is 1.88. The molecule has 108 valence electrons. The second-order valence-corrected chi connectivity index (χ2v) is 5.18. The topological polar surface area (TPSA) is 75.4 Å². The van der Waals surface area contributed by atoms with E-state index in [0.717, 1.165) is 12.2 Å². The lowest BCUT2D eigenvalue weighted by Crippen LogP contribution is -2.40. The molecule has 1 aromatic carbocycles. The summed E-state index contributed by atoms with van der Waals surface area (Å²) in [5.74, 6) is 0.625. The minimum atomic E-state index is -0.594. The van der Waals surface area contributed by atoms with Crippen molar-refractivity contribution in [2.24, 2.45) is 11.7 Å². The Labute approximate surface area is 119 Å². The average Bonchev–Trinajstić information content (AvgIpc) is 2.38. The van der Waals surface area contributed by atoms with E-state index in [9.17, 15) is 9.59 Å². The van der Waals surface area contributed by atoms with Gasteiger partial charge in [0.05, 0.1) is 0 Å². The number of hydrogen-bond acceptors (Lipinski definition) is 2. The zero-order valence-corrected chi connectivity index (χ0v) is 11.5. The Morgan fingerprint density at radius 3 is 2.50 bits per heavy atom. The van der Waals surface area contributed by atoms with Crippen molar-refractivity contribution in [1.29, 1.82) is 0 Å². The van der Waals surface area contributed by atoms with Crippen molar-refractivity contribution in [3.05, 3.63) is 30.3 Å². The molecule has 0 saturated heterocycles. The number of para-hydroxylation sites is 1. The number of hydrogen-bond donors (Lipinski definition) is 2. The summed E-state index contributed by atoms with van der Waals surface area (Å²) in [5.41, 5.74) is 5.92. The van der Waals surface area contributed by atoms with E-state index in [1.54, 1.807) is 0 Å². The maximum Gasteiger partial charge on any atom is 0.312 e. The van der Waals surface area contributed by atoms with Gasteiger partial charge in [0.25, 0.3) is 0 Å². The first-order chi connectivity index (χ1) is 9.66. The van der Waals surface area contributed by atoms with Gasteiger partial charge in [-0.2, -0.15) is 0 Å². The highest BCUT2D eigenvalue weighted by atomic mass is 16.2. The van der Waals surface area contributed by atoms with Crippen LogP contribution in [0.3, 0.4) is 0 Å². The molecule has 1 aromatic rings. The van der Waals surface area contributed by atoms with E-state index >= 15 is 0 Å². The number of urea groups is 1. The number of carbonyl (C=O) groups is 2. The molecule has 3 N–H and O–H groups in total. The molecule has 5 heteroatoms. The van der Waals surface area contributed by atoms with Gasteiger partial charge in [0.15, 0.2) is 0 Å². The molecule has 20 heavy (non-hydrogen) atoms. The minimum absolute atomic E-state index is 0.0249. The predicted molar refractivity (Wildman–Crippen MR) is 78.3 cm³/mol. The van der Waals surface area contributed by atoms with Crippen LogP contribution in [0.4, 0.5) is 10.5 Å². The zero-order chi connectivity index (χ0) is 14.4. The van der Waals surface area contributed by atoms with Crippen molar-refractivity contribution in [1.82, 2.24) is 5.32 Å². The van der Waals surface area contributed by atoms with Crippen LogP contribution in [-0.4, -0.2) is 25.0 Å². The van der Waals surface area contributed by atoms with Crippen LogP contribution in [-0.2, 0) is 4.79 Å². The number of rotatable bonds is 6. The fraction of sp³-hybridized carbons (Fsp3) is 0.467. The Balaban J connectivity index is 1.97. The molecule has 0 aromatic heterocycles. The van der Waals surface area contributed by atoms with Gasteiger partial charge in [0.2, 0.25) is 5.91 Å². The normalized spacial score (nSPS) is 14.4. The molecule has 1 aliphatic carbocycles. The number of amides is 3. The van der Waals surface area contributed by atoms with Crippen LogP contribution in [0.15, 0.2) is 30.3 Å². The SMILES string of the molecule is NC(=O)NCCC(=O)N(CC1CCC1)c1ccccc1. The van der Waals surface area contributed by atoms with E-state index in [1.807, 2.05) is 35.2 Å². The fourth-order valence-corrected chi connectivity index (χ4v) is 2.32. The molecule has 1 saturated carbocycles. The summed E-state index contributed by atoms with van der Waals surface area (Å²) in [6.45, 7) is 1.04. The van der Waals surface area contributed by atoms with Crippen LogP contribution in [0.25, 0.3) is 0 Å². The van der Waals surface area contributed by atoms with Gasteiger partial charge >= 0.3 is 6.03 Å². The molecule has 1 fully saturated rings. The molecule has 2 rings (SSSR count). The van der Waals surface area contributed by atoms with E-state index in [-0.39, 0.29) is 18.9 Å². The largest absolute Gasteiger partial charge is 0.352 e. The second kappa shape index (κ2) is 6.93. The van der Waals surface area contributed by atoms with Gasteiger partial charge in [-0.25, -0.2) is 4.79 Å². The van der Waals surface area contributed by atoms with E-state index < -0.39 is 6.03 Å². The molecule has 0 atom stereocenters. The molecule has 0 bridgehead atoms. The van der Waals surface area contributed by atoms with Crippen molar-refractivity contribution in [3.63, 3.8) is 0 Å². The Hall–Kier alpha value is -2.04. The molecular formula is C15H21N3O2. The molecule has 3 amide bonds. The molecule has 5 nitrogen and oxygen atoms in total. The molecule has 1 aliphatic rings. The summed E-state index contributed by atoms with van der Waals surface area (Å²) in [5, 5.41) is 2.46. The minimum Gasteiger partial charge on any atom is -0.352 e. The number of nitrogens with one attached hydrogen (secondary N) is 1. The average molecular weight is 275 g/mol. The molecule has 0 aliphatic heterocycles. The zero-order valence-electron chi connectivity index (χ0n) is 11.5. The fourth-order valence-electron chi connectivity index (χ4n) is 2.32. The third-order valence-corrected chi connectivity index (χ3v) is 3.67. The summed E-state index contributed by atoms with van der Waals surface area (Å²) >= 11 is 0. The van der Waals surface area contributed by atoms with E-state index in [0.29, 0.717) is 5.92 Å². The third-order valence-electron chi connectivity index (χ3n) is 3.67. The first-order valence-corrected chi connectivity index (χ1v) is 7.05. The first kappa shape index (κ1) is 14.4. The van der Waals surface area contributed by atoms with Gasteiger partial charge in [0.1, 0.15) is 0 Å². The smallest absolute Gasteiger partial charge is 0.312 e. The first-order valence-electron chi connectivity index (χ1n) is 7.05. The number of nitrogens with zero attached hydrogens (tertiary/aromatic N) is 1. The monoisotopic (exact) mass is 275 g/mol. The Kier molecular flexibility index (Phi) is 4.98. The van der Waals surface area contributed by atoms with E-state index in [1.165, 1.54) is 19.3 Å². The molecule has 0 radical (unpaired) electrons. The lowest BCUT2D eigenvalue weighted by Gasteiger charge is -2.32. The van der Waals surface area contributed by atoms with Gasteiger partial charge in [0, 0.05) is 25.2 Å². The summed E-state index contributed by atoms with van der Waals surface area (Å²) in [6, 6.07) is 9.08. The Morgan fingerprint density at radius 2 is 1.95 bits per heavy atom. The van der Waals surface area contributed by atoms with E-state index in [4.69, 9.17) is 5.73 Å². The van der Waals surface area contributed by atoms with Crippen molar-refractivity contribution in [2.75, 3.05) is 18.0 Å². The number of benzene rings is 1. The van der Waals surface area contributed by atoms with Gasteiger partial charge in [-0.05, 0) is 30.9 Å². The number of carbonyl (C=O) groups excluding carboxylic acids is 2. The van der Waals surface area contributed by atoms with Crippen molar-refractivity contribution in [3.8, 4) is 0 Å². The number of anilines is 1. The van der Waals surface area contributed by atoms with Crippen LogP contribution in [0.1, 0.15) is 25.7 Å². The summed E-state index contributed by atoms with van der Waals surface area (Å²) in [4.78, 5) is 24.8. The van der Waals surface area contributed by atoms with Gasteiger partial charge < -0.3 is 16.0 Å². The maximum atomic E-state index is 12.3. The van der Waals surface area contributed by atoms with Gasteiger partial charge in [-0.3, -0.25) is 4.79 Å². The maximum absolute atomic E-state index is 12.3. The third kappa shape index (κ3) is 3.98. The van der Waals surface area contributed by atoms with Gasteiger partial charge in [-0.15, -0.1) is 0 Å². The van der Waals surface area contributed by atoms with Crippen molar-refractivity contribution < 1.29 is 9.59 Å². The van der Waals surface area contributed by atoms with Crippen LogP contribution in [0.2, 0.25) is 0 Å². The standard InChI is InChI=1S/C15H21N3O2/c16-15(20)17-10-9-14(19)18(11-12-5-4-6-12)13-7-2-1-3-8-13/h1-3,7-8,12H,4-6,9-11H2,(H3,16,17,20). The van der Waals surface area contributed by atoms with Crippen LogP contribution in [0, 0.1) is 5.92 Å². The highest BCUT2D eigenvalue weighted by Gasteiger charge is 2.24. The quantitative estimate of drug-likeness (QED) is 0.831. The second-order valence-electron chi connectivity index (χ2n) is 5.18. The number of primary amides is 1. The van der Waals surface area contributed by atoms with Crippen LogP contribution >= 0.6 is 0 Å². The molecule has 0 spiro atoms. The summed E-state index contributed by atoms with van der Waals surface area (Å²) < 4.78 is 0. The summed E-state index contributed by atoms with van der Waals surface area (Å²) in [7, 11) is 0. The van der Waals surface area contributed by atoms with Crippen LogP contribution in [0.5, 0.6) is 0 Å². The highest BCUT2D eigenvalue weighted by Crippen LogP contribution is 2.29. The molecule has 0 heterocycles. The van der Waals surface area contributed by atoms with Crippen molar-refractivity contribution >= 4 is 17.6 Å². The molecular weight excluding hydrogens is 254 g/mol. The molecule has 0 unspecified atom stereocenters. The summed E-state index contributed by atoms with van der Waals surface area (Å²) in [6.07, 6.45) is 3.90. The highest BCUT2D eigenvalue weighted by molar-refractivity contribution is 5.93. The Morgan fingerprint density at radius 1 is 1.25 bits per heavy atom. The van der Waals surface area contributed by atoms with E-state index in [2.05, 4.69) is 5.32 Å². The van der Waals surface area contributed by atoms with Gasteiger partial charge in [-0.1, -0.05) is 24.6 Å². The van der Waals surface area contributed by atoms with Crippen molar-refractivity contribution in [2.45, 2.75) is 25.7 Å². The lowest BCUT2D eigenvalue weighted by molar-refractivity contribution is -0.118. The van der Waals surface area contributed by atoms with Crippen LogP contribution < -0.4 is 16.0 Å². The lowest BCUT2D eigenvalue weighted by atomic mass is 9.85. The number of nitrogens with two attached hydrogens (primary N) is 1.